The van der Waals surface area contributed by atoms with Gasteiger partial charge in [0, 0.05) is 24.7 Å². The number of nitrogens with zero attached hydrogens (tertiary/aromatic N) is 1. The van der Waals surface area contributed by atoms with Crippen LogP contribution < -0.4 is 11.1 Å². The summed E-state index contributed by atoms with van der Waals surface area (Å²) in [6.45, 7) is 5.57. The fourth-order valence-corrected chi connectivity index (χ4v) is 1.66. The van der Waals surface area contributed by atoms with Crippen LogP contribution in [0.4, 0.5) is 4.39 Å². The lowest BCUT2D eigenvalue weighted by atomic mass is 10.1. The molecular formula is C16H22FN3O. The average Bonchev–Trinajstić information content (AvgIpc) is 2.45. The Labute approximate surface area is 125 Å². The van der Waals surface area contributed by atoms with Gasteiger partial charge in [-0.15, -0.1) is 0 Å². The highest BCUT2D eigenvalue weighted by molar-refractivity contribution is 5.96. The lowest BCUT2D eigenvalue weighted by molar-refractivity contribution is 0.0947. The molecule has 0 heterocycles. The van der Waals surface area contributed by atoms with Crippen LogP contribution in [-0.2, 0) is 0 Å². The summed E-state index contributed by atoms with van der Waals surface area (Å²) in [6, 6.07) is 4.38. The number of benzene rings is 1. The van der Waals surface area contributed by atoms with E-state index in [4.69, 9.17) is 5.73 Å². The molecule has 0 aliphatic heterocycles. The van der Waals surface area contributed by atoms with Gasteiger partial charge < -0.3 is 16.0 Å². The maximum Gasteiger partial charge on any atom is 0.252 e. The summed E-state index contributed by atoms with van der Waals surface area (Å²) in [5, 5.41) is 2.78. The lowest BCUT2D eigenvalue weighted by Gasteiger charge is -2.20. The van der Waals surface area contributed by atoms with Crippen LogP contribution in [0.2, 0.25) is 0 Å². The standard InChI is InChI=1S/C16H22FN3O/c1-12(2)20(3)10-9-19-16(21)15-11-14(17)7-6-13(15)5-4-8-18/h6-7,11-12H,8-10,18H2,1-3H3,(H,19,21). The fourth-order valence-electron chi connectivity index (χ4n) is 1.66. The minimum atomic E-state index is -0.460. The summed E-state index contributed by atoms with van der Waals surface area (Å²) in [5.74, 6) is 4.67. The fraction of sp³-hybridized carbons (Fsp3) is 0.438. The third-order valence-corrected chi connectivity index (χ3v) is 3.18. The molecule has 0 saturated carbocycles. The molecule has 0 fully saturated rings. The summed E-state index contributed by atoms with van der Waals surface area (Å²) in [6.07, 6.45) is 0. The van der Waals surface area contributed by atoms with Crippen molar-refractivity contribution in [1.82, 2.24) is 10.2 Å². The molecule has 0 spiro atoms. The van der Waals surface area contributed by atoms with Crippen LogP contribution in [0.1, 0.15) is 29.8 Å². The molecule has 21 heavy (non-hydrogen) atoms. The number of nitrogens with two attached hydrogens (primary N) is 1. The molecule has 1 rings (SSSR count). The van der Waals surface area contributed by atoms with E-state index in [-0.39, 0.29) is 18.0 Å². The molecule has 0 aliphatic carbocycles. The van der Waals surface area contributed by atoms with E-state index in [1.807, 2.05) is 7.05 Å². The van der Waals surface area contributed by atoms with Gasteiger partial charge in [-0.3, -0.25) is 4.79 Å². The van der Waals surface area contributed by atoms with E-state index >= 15 is 0 Å². The number of hydrogen-bond acceptors (Lipinski definition) is 3. The van der Waals surface area contributed by atoms with Crippen molar-refractivity contribution in [2.45, 2.75) is 19.9 Å². The second kappa shape index (κ2) is 8.40. The summed E-state index contributed by atoms with van der Waals surface area (Å²) in [7, 11) is 1.98. The van der Waals surface area contributed by atoms with Crippen LogP contribution >= 0.6 is 0 Å². The quantitative estimate of drug-likeness (QED) is 0.802. The highest BCUT2D eigenvalue weighted by Gasteiger charge is 2.12. The van der Waals surface area contributed by atoms with E-state index < -0.39 is 5.82 Å². The third-order valence-electron chi connectivity index (χ3n) is 3.18. The van der Waals surface area contributed by atoms with Crippen molar-refractivity contribution in [3.63, 3.8) is 0 Å². The second-order valence-corrected chi connectivity index (χ2v) is 5.03. The number of likely N-dealkylation sites (N-methyl/N-ethyl adjacent to an activating group) is 1. The zero-order valence-corrected chi connectivity index (χ0v) is 12.7. The molecule has 0 saturated heterocycles. The van der Waals surface area contributed by atoms with Crippen LogP contribution in [0, 0.1) is 17.7 Å². The monoisotopic (exact) mass is 291 g/mol. The summed E-state index contributed by atoms with van der Waals surface area (Å²) in [5.41, 5.74) is 6.04. The molecule has 114 valence electrons. The highest BCUT2D eigenvalue weighted by atomic mass is 19.1. The molecule has 1 aromatic rings. The van der Waals surface area contributed by atoms with Crippen molar-refractivity contribution >= 4 is 5.91 Å². The van der Waals surface area contributed by atoms with Gasteiger partial charge >= 0.3 is 0 Å². The van der Waals surface area contributed by atoms with Crippen molar-refractivity contribution in [3.8, 4) is 11.8 Å². The number of halogens is 1. The Morgan fingerprint density at radius 3 is 2.81 bits per heavy atom. The Balaban J connectivity index is 2.75. The molecule has 3 N–H and O–H groups in total. The van der Waals surface area contributed by atoms with Gasteiger partial charge in [0.05, 0.1) is 12.1 Å². The van der Waals surface area contributed by atoms with Crippen molar-refractivity contribution in [3.05, 3.63) is 35.1 Å². The smallest absolute Gasteiger partial charge is 0.252 e. The van der Waals surface area contributed by atoms with Crippen molar-refractivity contribution in [2.75, 3.05) is 26.7 Å². The Bertz CT molecular complexity index is 546. The van der Waals surface area contributed by atoms with Crippen LogP contribution in [0.5, 0.6) is 0 Å². The third kappa shape index (κ3) is 5.54. The molecule has 1 amide bonds. The van der Waals surface area contributed by atoms with Crippen molar-refractivity contribution in [2.24, 2.45) is 5.73 Å². The summed E-state index contributed by atoms with van der Waals surface area (Å²) < 4.78 is 13.3. The normalized spacial score (nSPS) is 10.4. The number of carbonyl (C=O) groups is 1. The predicted octanol–water partition coefficient (Wildman–Crippen LogP) is 1.21. The number of hydrogen-bond donors (Lipinski definition) is 2. The number of nitrogens with one attached hydrogen (secondary N) is 1. The highest BCUT2D eigenvalue weighted by Crippen LogP contribution is 2.10. The van der Waals surface area contributed by atoms with Gasteiger partial charge in [0.25, 0.3) is 5.91 Å². The molecule has 1 aromatic carbocycles. The lowest BCUT2D eigenvalue weighted by Crippen LogP contribution is -2.36. The Morgan fingerprint density at radius 1 is 1.48 bits per heavy atom. The van der Waals surface area contributed by atoms with Crippen molar-refractivity contribution in [1.29, 1.82) is 0 Å². The molecule has 0 aromatic heterocycles. The first-order valence-electron chi connectivity index (χ1n) is 6.92. The van der Waals surface area contributed by atoms with Gasteiger partial charge in [0.15, 0.2) is 0 Å². The Morgan fingerprint density at radius 2 is 2.19 bits per heavy atom. The van der Waals surface area contributed by atoms with Crippen LogP contribution in [0.3, 0.4) is 0 Å². The van der Waals surface area contributed by atoms with Gasteiger partial charge in [0.2, 0.25) is 0 Å². The molecule has 5 heteroatoms. The second-order valence-electron chi connectivity index (χ2n) is 5.03. The zero-order chi connectivity index (χ0) is 15.8. The minimum absolute atomic E-state index is 0.192. The summed E-state index contributed by atoms with van der Waals surface area (Å²) >= 11 is 0. The first-order valence-corrected chi connectivity index (χ1v) is 6.92. The van der Waals surface area contributed by atoms with E-state index in [2.05, 4.69) is 35.9 Å². The van der Waals surface area contributed by atoms with Gasteiger partial charge in [-0.1, -0.05) is 11.8 Å². The summed E-state index contributed by atoms with van der Waals surface area (Å²) in [4.78, 5) is 14.2. The molecule has 0 unspecified atom stereocenters. The predicted molar refractivity (Wildman–Crippen MR) is 82.4 cm³/mol. The van der Waals surface area contributed by atoms with Gasteiger partial charge in [-0.25, -0.2) is 4.39 Å². The van der Waals surface area contributed by atoms with Crippen LogP contribution in [0.15, 0.2) is 18.2 Å². The van der Waals surface area contributed by atoms with Gasteiger partial charge in [0.1, 0.15) is 5.82 Å². The SMILES string of the molecule is CC(C)N(C)CCNC(=O)c1cc(F)ccc1C#CCN. The van der Waals surface area contributed by atoms with Crippen LogP contribution in [-0.4, -0.2) is 43.5 Å². The molecule has 4 nitrogen and oxygen atoms in total. The largest absolute Gasteiger partial charge is 0.351 e. The zero-order valence-electron chi connectivity index (χ0n) is 12.7. The van der Waals surface area contributed by atoms with E-state index in [1.54, 1.807) is 0 Å². The van der Waals surface area contributed by atoms with Crippen molar-refractivity contribution < 1.29 is 9.18 Å². The van der Waals surface area contributed by atoms with Gasteiger partial charge in [-0.2, -0.15) is 0 Å². The molecule has 0 aliphatic rings. The Hall–Kier alpha value is -1.90. The molecule has 0 bridgehead atoms. The average molecular weight is 291 g/mol. The van der Waals surface area contributed by atoms with Crippen LogP contribution in [0.25, 0.3) is 0 Å². The first kappa shape index (κ1) is 17.2. The number of carbonyl (C=O) groups excluding carboxylic acids is 1. The number of amides is 1. The topological polar surface area (TPSA) is 58.4 Å². The molecule has 0 radical (unpaired) electrons. The van der Waals surface area contributed by atoms with Gasteiger partial charge in [-0.05, 0) is 39.1 Å². The Kier molecular flexibility index (Phi) is 6.86. The van der Waals surface area contributed by atoms with E-state index in [9.17, 15) is 9.18 Å². The number of rotatable bonds is 5. The van der Waals surface area contributed by atoms with E-state index in [1.165, 1.54) is 18.2 Å². The molecule has 0 atom stereocenters. The minimum Gasteiger partial charge on any atom is -0.351 e. The first-order chi connectivity index (χ1) is 9.95. The van der Waals surface area contributed by atoms with E-state index in [0.29, 0.717) is 18.2 Å². The maximum atomic E-state index is 13.3. The molecular weight excluding hydrogens is 269 g/mol. The van der Waals surface area contributed by atoms with E-state index in [0.717, 1.165) is 6.54 Å². The maximum absolute atomic E-state index is 13.3.